The smallest absolute Gasteiger partial charge is 0.335 e. The van der Waals surface area contributed by atoms with E-state index in [1.54, 1.807) is 42.3 Å². The number of rotatable bonds is 4. The summed E-state index contributed by atoms with van der Waals surface area (Å²) in [6, 6.07) is 11.5. The standard InChI is InChI=1S/C15H13BrN2O3/c1-18(11-5-2-9(3-6-11)15(20)21)13-8-10(16)4-7-12(13)14(17)19/h2-8H,1H3,(H2,17,19)(H,20,21). The van der Waals surface area contributed by atoms with E-state index in [9.17, 15) is 9.59 Å². The molecule has 2 aromatic carbocycles. The van der Waals surface area contributed by atoms with Gasteiger partial charge in [-0.05, 0) is 42.5 Å². The minimum Gasteiger partial charge on any atom is -0.478 e. The van der Waals surface area contributed by atoms with Gasteiger partial charge in [0.2, 0.25) is 0 Å². The Labute approximate surface area is 130 Å². The van der Waals surface area contributed by atoms with Crippen LogP contribution in [0.15, 0.2) is 46.9 Å². The van der Waals surface area contributed by atoms with Crippen LogP contribution in [-0.2, 0) is 0 Å². The van der Waals surface area contributed by atoms with E-state index in [-0.39, 0.29) is 5.56 Å². The van der Waals surface area contributed by atoms with E-state index < -0.39 is 11.9 Å². The first-order valence-electron chi connectivity index (χ1n) is 6.06. The van der Waals surface area contributed by atoms with Gasteiger partial charge in [-0.2, -0.15) is 0 Å². The van der Waals surface area contributed by atoms with Gasteiger partial charge < -0.3 is 15.7 Å². The van der Waals surface area contributed by atoms with Gasteiger partial charge in [-0.15, -0.1) is 0 Å². The van der Waals surface area contributed by atoms with Crippen molar-refractivity contribution in [2.45, 2.75) is 0 Å². The number of aromatic carboxylic acids is 1. The van der Waals surface area contributed by atoms with Crippen LogP contribution >= 0.6 is 15.9 Å². The van der Waals surface area contributed by atoms with Crippen molar-refractivity contribution >= 4 is 39.2 Å². The highest BCUT2D eigenvalue weighted by Gasteiger charge is 2.14. The molecule has 0 radical (unpaired) electrons. The molecule has 0 atom stereocenters. The number of carboxylic acids is 1. The third-order valence-electron chi connectivity index (χ3n) is 3.09. The van der Waals surface area contributed by atoms with Crippen LogP contribution in [0.2, 0.25) is 0 Å². The fourth-order valence-corrected chi connectivity index (χ4v) is 2.31. The van der Waals surface area contributed by atoms with Gasteiger partial charge in [0.25, 0.3) is 5.91 Å². The molecular weight excluding hydrogens is 336 g/mol. The SMILES string of the molecule is CN(c1ccc(C(=O)O)cc1)c1cc(Br)ccc1C(N)=O. The number of nitrogens with zero attached hydrogens (tertiary/aromatic N) is 1. The third-order valence-corrected chi connectivity index (χ3v) is 3.58. The number of hydrogen-bond donors (Lipinski definition) is 2. The van der Waals surface area contributed by atoms with E-state index in [0.29, 0.717) is 11.3 Å². The monoisotopic (exact) mass is 348 g/mol. The fraction of sp³-hybridized carbons (Fsp3) is 0.0667. The molecule has 2 rings (SSSR count). The number of amides is 1. The van der Waals surface area contributed by atoms with Crippen molar-refractivity contribution in [2.75, 3.05) is 11.9 Å². The molecule has 0 saturated carbocycles. The van der Waals surface area contributed by atoms with E-state index in [1.807, 2.05) is 0 Å². The Kier molecular flexibility index (Phi) is 4.28. The Bertz CT molecular complexity index is 699. The van der Waals surface area contributed by atoms with Crippen LogP contribution in [0.5, 0.6) is 0 Å². The van der Waals surface area contributed by atoms with Gasteiger partial charge in [0.1, 0.15) is 0 Å². The van der Waals surface area contributed by atoms with Gasteiger partial charge in [-0.1, -0.05) is 15.9 Å². The number of primary amides is 1. The van der Waals surface area contributed by atoms with E-state index >= 15 is 0 Å². The molecule has 0 bridgehead atoms. The van der Waals surface area contributed by atoms with Crippen LogP contribution in [0.4, 0.5) is 11.4 Å². The lowest BCUT2D eigenvalue weighted by Crippen LogP contribution is -2.18. The van der Waals surface area contributed by atoms with Crippen LogP contribution in [0.3, 0.4) is 0 Å². The second-order valence-electron chi connectivity index (χ2n) is 4.44. The number of halogens is 1. The number of anilines is 2. The first kappa shape index (κ1) is 15.1. The zero-order valence-corrected chi connectivity index (χ0v) is 12.8. The summed E-state index contributed by atoms with van der Waals surface area (Å²) in [4.78, 5) is 24.1. The highest BCUT2D eigenvalue weighted by molar-refractivity contribution is 9.10. The Morgan fingerprint density at radius 2 is 1.76 bits per heavy atom. The quantitative estimate of drug-likeness (QED) is 0.889. The molecule has 3 N–H and O–H groups in total. The van der Waals surface area contributed by atoms with Gasteiger partial charge in [0.15, 0.2) is 0 Å². The van der Waals surface area contributed by atoms with Gasteiger partial charge in [0, 0.05) is 17.2 Å². The average Bonchev–Trinajstić information content (AvgIpc) is 2.46. The highest BCUT2D eigenvalue weighted by Crippen LogP contribution is 2.30. The maximum absolute atomic E-state index is 11.5. The summed E-state index contributed by atoms with van der Waals surface area (Å²) in [6.45, 7) is 0. The predicted octanol–water partition coefficient (Wildman–Crippen LogP) is 3.01. The summed E-state index contributed by atoms with van der Waals surface area (Å²) in [5, 5.41) is 8.90. The molecule has 1 amide bonds. The molecule has 108 valence electrons. The van der Waals surface area contributed by atoms with Crippen molar-refractivity contribution in [3.63, 3.8) is 0 Å². The topological polar surface area (TPSA) is 83.6 Å². The van der Waals surface area contributed by atoms with Crippen LogP contribution < -0.4 is 10.6 Å². The second kappa shape index (κ2) is 5.97. The third kappa shape index (κ3) is 3.22. The minimum absolute atomic E-state index is 0.205. The molecule has 0 saturated heterocycles. The number of carbonyl (C=O) groups is 2. The Morgan fingerprint density at radius 1 is 1.14 bits per heavy atom. The summed E-state index contributed by atoms with van der Waals surface area (Å²) < 4.78 is 0.816. The first-order valence-corrected chi connectivity index (χ1v) is 6.86. The zero-order chi connectivity index (χ0) is 15.6. The summed E-state index contributed by atoms with van der Waals surface area (Å²) in [5.41, 5.74) is 7.37. The Hall–Kier alpha value is -2.34. The van der Waals surface area contributed by atoms with E-state index in [0.717, 1.165) is 10.2 Å². The molecule has 0 aliphatic carbocycles. The predicted molar refractivity (Wildman–Crippen MR) is 84.1 cm³/mol. The lowest BCUT2D eigenvalue weighted by atomic mass is 10.1. The van der Waals surface area contributed by atoms with Crippen LogP contribution in [-0.4, -0.2) is 24.0 Å². The molecule has 5 nitrogen and oxygen atoms in total. The maximum Gasteiger partial charge on any atom is 0.335 e. The molecule has 2 aromatic rings. The van der Waals surface area contributed by atoms with Crippen molar-refractivity contribution in [2.24, 2.45) is 5.73 Å². The van der Waals surface area contributed by atoms with E-state index in [4.69, 9.17) is 10.8 Å². The van der Waals surface area contributed by atoms with Gasteiger partial charge in [-0.25, -0.2) is 4.79 Å². The number of benzene rings is 2. The normalized spacial score (nSPS) is 10.2. The van der Waals surface area contributed by atoms with Crippen molar-refractivity contribution in [3.8, 4) is 0 Å². The summed E-state index contributed by atoms with van der Waals surface area (Å²) in [7, 11) is 1.78. The lowest BCUT2D eigenvalue weighted by Gasteiger charge is -2.22. The van der Waals surface area contributed by atoms with Crippen molar-refractivity contribution in [3.05, 3.63) is 58.1 Å². The first-order chi connectivity index (χ1) is 9.90. The summed E-state index contributed by atoms with van der Waals surface area (Å²) in [6.07, 6.45) is 0. The van der Waals surface area contributed by atoms with Crippen molar-refractivity contribution in [1.29, 1.82) is 0 Å². The molecule has 6 heteroatoms. The van der Waals surface area contributed by atoms with Crippen LogP contribution in [0.1, 0.15) is 20.7 Å². The highest BCUT2D eigenvalue weighted by atomic mass is 79.9. The molecule has 0 heterocycles. The van der Waals surface area contributed by atoms with Crippen LogP contribution in [0, 0.1) is 0 Å². The van der Waals surface area contributed by atoms with Gasteiger partial charge in [0.05, 0.1) is 16.8 Å². The number of carboxylic acid groups (broad SMARTS) is 1. The second-order valence-corrected chi connectivity index (χ2v) is 5.35. The molecule has 0 aromatic heterocycles. The van der Waals surface area contributed by atoms with Gasteiger partial charge in [-0.3, -0.25) is 4.79 Å². The minimum atomic E-state index is -0.982. The molecule has 0 spiro atoms. The summed E-state index contributed by atoms with van der Waals surface area (Å²) >= 11 is 3.36. The average molecular weight is 349 g/mol. The Balaban J connectivity index is 2.44. The van der Waals surface area contributed by atoms with E-state index in [2.05, 4.69) is 15.9 Å². The molecule has 21 heavy (non-hydrogen) atoms. The molecule has 0 aliphatic rings. The largest absolute Gasteiger partial charge is 0.478 e. The van der Waals surface area contributed by atoms with Gasteiger partial charge >= 0.3 is 5.97 Å². The van der Waals surface area contributed by atoms with Crippen molar-refractivity contribution in [1.82, 2.24) is 0 Å². The number of hydrogen-bond acceptors (Lipinski definition) is 3. The summed E-state index contributed by atoms with van der Waals surface area (Å²) in [5.74, 6) is -1.50. The molecular formula is C15H13BrN2O3. The zero-order valence-electron chi connectivity index (χ0n) is 11.2. The lowest BCUT2D eigenvalue weighted by molar-refractivity contribution is 0.0696. The van der Waals surface area contributed by atoms with Crippen LogP contribution in [0.25, 0.3) is 0 Å². The Morgan fingerprint density at radius 3 is 2.29 bits per heavy atom. The number of carbonyl (C=O) groups excluding carboxylic acids is 1. The maximum atomic E-state index is 11.5. The fourth-order valence-electron chi connectivity index (χ4n) is 1.96. The molecule has 0 unspecified atom stereocenters. The molecule has 0 aliphatic heterocycles. The molecule has 0 fully saturated rings. The van der Waals surface area contributed by atoms with Crippen molar-refractivity contribution < 1.29 is 14.7 Å². The number of nitrogens with two attached hydrogens (primary N) is 1. The van der Waals surface area contributed by atoms with E-state index in [1.165, 1.54) is 12.1 Å².